The molecule has 1 unspecified atom stereocenters. The zero-order valence-electron chi connectivity index (χ0n) is 13.8. The fourth-order valence-corrected chi connectivity index (χ4v) is 5.15. The van der Waals surface area contributed by atoms with E-state index in [0.717, 1.165) is 36.9 Å². The van der Waals surface area contributed by atoms with Gasteiger partial charge in [-0.25, -0.2) is 17.4 Å². The van der Waals surface area contributed by atoms with E-state index in [9.17, 15) is 8.42 Å². The SMILES string of the molecule is O=S(=O)(c1ccc(Cl)c(Cl)c1)n1cc(C2CCCNC2)c2cccnc21. The number of nitrogens with one attached hydrogen (secondary N) is 1. The van der Waals surface area contributed by atoms with Crippen molar-refractivity contribution in [3.63, 3.8) is 0 Å². The molecule has 0 saturated carbocycles. The highest BCUT2D eigenvalue weighted by molar-refractivity contribution is 7.90. The lowest BCUT2D eigenvalue weighted by Crippen LogP contribution is -2.28. The zero-order valence-corrected chi connectivity index (χ0v) is 16.2. The summed E-state index contributed by atoms with van der Waals surface area (Å²) in [5.41, 5.74) is 1.43. The van der Waals surface area contributed by atoms with Crippen molar-refractivity contribution in [2.24, 2.45) is 0 Å². The van der Waals surface area contributed by atoms with Crippen molar-refractivity contribution in [3.05, 3.63) is 58.3 Å². The van der Waals surface area contributed by atoms with Gasteiger partial charge in [-0.2, -0.15) is 0 Å². The standard InChI is InChI=1S/C18H17Cl2N3O2S/c19-16-6-5-13(9-17(16)20)26(24,25)23-11-15(12-3-1-7-21-10-12)14-4-2-8-22-18(14)23/h2,4-6,8-9,11-12,21H,1,3,7,10H2. The van der Waals surface area contributed by atoms with Gasteiger partial charge in [-0.1, -0.05) is 23.2 Å². The molecular formula is C18H17Cl2N3O2S. The first-order valence-electron chi connectivity index (χ1n) is 8.36. The molecule has 1 atom stereocenters. The molecule has 1 aliphatic rings. The molecule has 1 aliphatic heterocycles. The van der Waals surface area contributed by atoms with E-state index in [1.807, 2.05) is 12.1 Å². The number of halogens is 2. The second kappa shape index (κ2) is 6.85. The molecule has 3 heterocycles. The number of fused-ring (bicyclic) bond motifs is 1. The number of pyridine rings is 1. The predicted molar refractivity (Wildman–Crippen MR) is 104 cm³/mol. The predicted octanol–water partition coefficient (Wildman–Crippen LogP) is 4.05. The molecule has 1 saturated heterocycles. The van der Waals surface area contributed by atoms with Crippen molar-refractivity contribution in [2.75, 3.05) is 13.1 Å². The Kier molecular flexibility index (Phi) is 4.69. The number of nitrogens with zero attached hydrogens (tertiary/aromatic N) is 2. The minimum atomic E-state index is -3.83. The van der Waals surface area contributed by atoms with Gasteiger partial charge in [0.05, 0.1) is 14.9 Å². The third kappa shape index (κ3) is 3.01. The molecule has 2 aromatic heterocycles. The summed E-state index contributed by atoms with van der Waals surface area (Å²) < 4.78 is 27.7. The monoisotopic (exact) mass is 409 g/mol. The van der Waals surface area contributed by atoms with Gasteiger partial charge in [-0.3, -0.25) is 0 Å². The highest BCUT2D eigenvalue weighted by Gasteiger charge is 2.26. The number of rotatable bonds is 3. The lowest BCUT2D eigenvalue weighted by atomic mass is 9.92. The minimum Gasteiger partial charge on any atom is -0.316 e. The first-order chi connectivity index (χ1) is 12.5. The van der Waals surface area contributed by atoms with Crippen LogP contribution in [-0.4, -0.2) is 30.5 Å². The van der Waals surface area contributed by atoms with Gasteiger partial charge in [-0.15, -0.1) is 0 Å². The summed E-state index contributed by atoms with van der Waals surface area (Å²) in [6, 6.07) is 8.07. The van der Waals surface area contributed by atoms with Gasteiger partial charge in [0.25, 0.3) is 10.0 Å². The van der Waals surface area contributed by atoms with E-state index >= 15 is 0 Å². The third-order valence-electron chi connectivity index (χ3n) is 4.75. The minimum absolute atomic E-state index is 0.0859. The van der Waals surface area contributed by atoms with Crippen LogP contribution in [0.15, 0.2) is 47.6 Å². The number of hydrogen-bond acceptors (Lipinski definition) is 4. The van der Waals surface area contributed by atoms with Gasteiger partial charge in [-0.05, 0) is 61.2 Å². The number of piperidine rings is 1. The Morgan fingerprint density at radius 2 is 2.04 bits per heavy atom. The highest BCUT2D eigenvalue weighted by Crippen LogP contribution is 2.33. The molecule has 0 amide bonds. The second-order valence-corrected chi connectivity index (χ2v) is 9.01. The average molecular weight is 410 g/mol. The molecule has 8 heteroatoms. The van der Waals surface area contributed by atoms with Crippen molar-refractivity contribution in [1.29, 1.82) is 0 Å². The van der Waals surface area contributed by atoms with Crippen LogP contribution >= 0.6 is 23.2 Å². The Hall–Kier alpha value is -1.60. The van der Waals surface area contributed by atoms with Crippen LogP contribution in [0.3, 0.4) is 0 Å². The van der Waals surface area contributed by atoms with Crippen molar-refractivity contribution in [2.45, 2.75) is 23.7 Å². The molecule has 4 rings (SSSR count). The molecule has 0 aliphatic carbocycles. The first-order valence-corrected chi connectivity index (χ1v) is 10.6. The van der Waals surface area contributed by atoms with Crippen molar-refractivity contribution < 1.29 is 8.42 Å². The Morgan fingerprint density at radius 1 is 1.19 bits per heavy atom. The van der Waals surface area contributed by atoms with Gasteiger partial charge < -0.3 is 5.32 Å². The number of aromatic nitrogens is 2. The average Bonchev–Trinajstić information content (AvgIpc) is 3.05. The lowest BCUT2D eigenvalue weighted by molar-refractivity contribution is 0.463. The Balaban J connectivity index is 1.89. The van der Waals surface area contributed by atoms with E-state index in [2.05, 4.69) is 10.3 Å². The summed E-state index contributed by atoms with van der Waals surface area (Å²) in [6.45, 7) is 1.83. The maximum atomic E-state index is 13.2. The van der Waals surface area contributed by atoms with Crippen molar-refractivity contribution >= 4 is 44.3 Å². The van der Waals surface area contributed by atoms with Crippen LogP contribution in [0.25, 0.3) is 11.0 Å². The molecule has 0 spiro atoms. The van der Waals surface area contributed by atoms with Crippen LogP contribution < -0.4 is 5.32 Å². The lowest BCUT2D eigenvalue weighted by Gasteiger charge is -2.22. The molecule has 26 heavy (non-hydrogen) atoms. The maximum Gasteiger partial charge on any atom is 0.269 e. The van der Waals surface area contributed by atoms with E-state index in [4.69, 9.17) is 23.2 Å². The Bertz CT molecular complexity index is 1070. The van der Waals surface area contributed by atoms with Gasteiger partial charge >= 0.3 is 0 Å². The fourth-order valence-electron chi connectivity index (χ4n) is 3.43. The molecule has 136 valence electrons. The summed E-state index contributed by atoms with van der Waals surface area (Å²) in [6.07, 6.45) is 5.39. The highest BCUT2D eigenvalue weighted by atomic mass is 35.5. The van der Waals surface area contributed by atoms with E-state index in [1.165, 1.54) is 22.2 Å². The van der Waals surface area contributed by atoms with Crippen LogP contribution in [0.1, 0.15) is 24.3 Å². The first kappa shape index (κ1) is 17.8. The van der Waals surface area contributed by atoms with Crippen molar-refractivity contribution in [1.82, 2.24) is 14.3 Å². The van der Waals surface area contributed by atoms with E-state index in [-0.39, 0.29) is 15.8 Å². The van der Waals surface area contributed by atoms with Crippen LogP contribution in [0, 0.1) is 0 Å². The summed E-state index contributed by atoms with van der Waals surface area (Å²) in [7, 11) is -3.83. The Morgan fingerprint density at radius 3 is 2.77 bits per heavy atom. The van der Waals surface area contributed by atoms with Crippen LogP contribution in [0.4, 0.5) is 0 Å². The molecule has 0 radical (unpaired) electrons. The largest absolute Gasteiger partial charge is 0.316 e. The quantitative estimate of drug-likeness (QED) is 0.708. The number of benzene rings is 1. The van der Waals surface area contributed by atoms with Gasteiger partial charge in [0.2, 0.25) is 0 Å². The number of hydrogen-bond donors (Lipinski definition) is 1. The molecule has 1 N–H and O–H groups in total. The molecular weight excluding hydrogens is 393 g/mol. The normalized spacial score (nSPS) is 18.3. The smallest absolute Gasteiger partial charge is 0.269 e. The Labute approximate surface area is 162 Å². The van der Waals surface area contributed by atoms with E-state index in [1.54, 1.807) is 12.4 Å². The maximum absolute atomic E-state index is 13.2. The van der Waals surface area contributed by atoms with E-state index in [0.29, 0.717) is 10.7 Å². The van der Waals surface area contributed by atoms with Gasteiger partial charge in [0.1, 0.15) is 0 Å². The molecule has 1 aromatic carbocycles. The summed E-state index contributed by atoms with van der Waals surface area (Å²) in [5.74, 6) is 0.265. The summed E-state index contributed by atoms with van der Waals surface area (Å²) in [4.78, 5) is 4.42. The molecule has 1 fully saturated rings. The van der Waals surface area contributed by atoms with Gasteiger partial charge in [0, 0.05) is 24.3 Å². The molecule has 0 bridgehead atoms. The van der Waals surface area contributed by atoms with Gasteiger partial charge in [0.15, 0.2) is 5.65 Å². The third-order valence-corrected chi connectivity index (χ3v) is 7.13. The van der Waals surface area contributed by atoms with Crippen LogP contribution in [0.5, 0.6) is 0 Å². The van der Waals surface area contributed by atoms with Crippen LogP contribution in [-0.2, 0) is 10.0 Å². The summed E-state index contributed by atoms with van der Waals surface area (Å²) in [5, 5.41) is 4.76. The second-order valence-electron chi connectivity index (χ2n) is 6.38. The van der Waals surface area contributed by atoms with E-state index < -0.39 is 10.0 Å². The van der Waals surface area contributed by atoms with Crippen LogP contribution in [0.2, 0.25) is 10.0 Å². The fraction of sp³-hybridized carbons (Fsp3) is 0.278. The zero-order chi connectivity index (χ0) is 18.3. The molecule has 5 nitrogen and oxygen atoms in total. The molecule has 3 aromatic rings. The summed E-state index contributed by atoms with van der Waals surface area (Å²) >= 11 is 11.9. The topological polar surface area (TPSA) is 64.0 Å². The van der Waals surface area contributed by atoms with Crippen molar-refractivity contribution in [3.8, 4) is 0 Å².